The van der Waals surface area contributed by atoms with Crippen LogP contribution in [0.3, 0.4) is 0 Å². The number of anilines is 1. The van der Waals surface area contributed by atoms with Gasteiger partial charge in [0.05, 0.1) is 5.02 Å². The first-order valence-corrected chi connectivity index (χ1v) is 7.18. The molecular formula is C15H17Cl2N3O. The molecule has 0 aliphatic heterocycles. The van der Waals surface area contributed by atoms with E-state index < -0.39 is 0 Å². The summed E-state index contributed by atoms with van der Waals surface area (Å²) < 4.78 is 5.75. The number of nitrogens with two attached hydrogens (primary N) is 1. The first kappa shape index (κ1) is 15.9. The van der Waals surface area contributed by atoms with Crippen molar-refractivity contribution in [1.82, 2.24) is 4.98 Å². The second-order valence-corrected chi connectivity index (χ2v) is 6.44. The Kier molecular flexibility index (Phi) is 4.61. The largest absolute Gasteiger partial charge is 0.437 e. The van der Waals surface area contributed by atoms with Crippen LogP contribution in [0.1, 0.15) is 26.3 Å². The lowest BCUT2D eigenvalue weighted by molar-refractivity contribution is 0.460. The number of hydrogen-bond acceptors (Lipinski definition) is 4. The van der Waals surface area contributed by atoms with E-state index in [1.165, 1.54) is 6.07 Å². The molecule has 1 heterocycles. The lowest BCUT2D eigenvalue weighted by atomic mass is 9.87. The molecule has 0 saturated carbocycles. The number of benzene rings is 1. The van der Waals surface area contributed by atoms with E-state index in [1.54, 1.807) is 0 Å². The molecule has 21 heavy (non-hydrogen) atoms. The molecule has 0 aliphatic rings. The van der Waals surface area contributed by atoms with Crippen LogP contribution in [0.2, 0.25) is 10.0 Å². The Balaban J connectivity index is 2.34. The van der Waals surface area contributed by atoms with Crippen molar-refractivity contribution in [3.05, 3.63) is 45.9 Å². The number of nitrogens with zero attached hydrogens (tertiary/aromatic N) is 1. The second kappa shape index (κ2) is 6.10. The SMILES string of the molecule is CC(C)(C)c1cccc(Oc2nc(NN)c(Cl)cc2Cl)c1. The Bertz CT molecular complexity index is 654. The van der Waals surface area contributed by atoms with Crippen molar-refractivity contribution >= 4 is 29.0 Å². The maximum Gasteiger partial charge on any atom is 0.240 e. The van der Waals surface area contributed by atoms with Gasteiger partial charge in [-0.05, 0) is 29.2 Å². The fraction of sp³-hybridized carbons (Fsp3) is 0.267. The summed E-state index contributed by atoms with van der Waals surface area (Å²) in [6, 6.07) is 9.33. The van der Waals surface area contributed by atoms with Gasteiger partial charge in [0.15, 0.2) is 5.82 Å². The summed E-state index contributed by atoms with van der Waals surface area (Å²) in [6.07, 6.45) is 0. The van der Waals surface area contributed by atoms with Gasteiger partial charge in [-0.15, -0.1) is 0 Å². The molecule has 1 aromatic heterocycles. The molecular weight excluding hydrogens is 309 g/mol. The van der Waals surface area contributed by atoms with Crippen molar-refractivity contribution in [2.24, 2.45) is 5.84 Å². The zero-order valence-corrected chi connectivity index (χ0v) is 13.6. The van der Waals surface area contributed by atoms with Crippen LogP contribution >= 0.6 is 23.2 Å². The molecule has 0 spiro atoms. The number of hydrazine groups is 1. The molecule has 6 heteroatoms. The van der Waals surface area contributed by atoms with Gasteiger partial charge in [0.2, 0.25) is 5.88 Å². The molecule has 0 fully saturated rings. The number of pyridine rings is 1. The smallest absolute Gasteiger partial charge is 0.240 e. The third-order valence-corrected chi connectivity index (χ3v) is 3.51. The summed E-state index contributed by atoms with van der Waals surface area (Å²) in [4.78, 5) is 4.16. The molecule has 0 amide bonds. The van der Waals surface area contributed by atoms with E-state index in [0.717, 1.165) is 5.56 Å². The highest BCUT2D eigenvalue weighted by Gasteiger charge is 2.15. The normalized spacial score (nSPS) is 11.3. The van der Waals surface area contributed by atoms with E-state index >= 15 is 0 Å². The number of nitrogens with one attached hydrogen (secondary N) is 1. The summed E-state index contributed by atoms with van der Waals surface area (Å²) in [6.45, 7) is 6.40. The molecule has 2 rings (SSSR count). The highest BCUT2D eigenvalue weighted by molar-refractivity contribution is 6.36. The van der Waals surface area contributed by atoms with Crippen LogP contribution in [0.4, 0.5) is 5.82 Å². The maximum absolute atomic E-state index is 6.10. The lowest BCUT2D eigenvalue weighted by Crippen LogP contribution is -2.11. The van der Waals surface area contributed by atoms with E-state index in [2.05, 4.69) is 37.2 Å². The van der Waals surface area contributed by atoms with Crippen LogP contribution in [0.25, 0.3) is 0 Å². The van der Waals surface area contributed by atoms with Crippen molar-refractivity contribution < 1.29 is 4.74 Å². The third kappa shape index (κ3) is 3.79. The Morgan fingerprint density at radius 3 is 2.48 bits per heavy atom. The molecule has 0 radical (unpaired) electrons. The number of ether oxygens (including phenoxy) is 1. The average molecular weight is 326 g/mol. The first-order valence-electron chi connectivity index (χ1n) is 6.42. The monoisotopic (exact) mass is 325 g/mol. The number of rotatable bonds is 3. The van der Waals surface area contributed by atoms with E-state index in [9.17, 15) is 0 Å². The summed E-state index contributed by atoms with van der Waals surface area (Å²) in [7, 11) is 0. The molecule has 3 N–H and O–H groups in total. The lowest BCUT2D eigenvalue weighted by Gasteiger charge is -2.19. The molecule has 1 aromatic carbocycles. The number of hydrogen-bond donors (Lipinski definition) is 2. The molecule has 0 aliphatic carbocycles. The van der Waals surface area contributed by atoms with E-state index in [-0.39, 0.29) is 11.3 Å². The summed E-state index contributed by atoms with van der Waals surface area (Å²) in [5.41, 5.74) is 3.59. The molecule has 0 atom stereocenters. The van der Waals surface area contributed by atoms with Gasteiger partial charge in [-0.3, -0.25) is 0 Å². The molecule has 2 aromatic rings. The van der Waals surface area contributed by atoms with Gasteiger partial charge in [-0.25, -0.2) is 5.84 Å². The average Bonchev–Trinajstić information content (AvgIpc) is 2.41. The van der Waals surface area contributed by atoms with Crippen molar-refractivity contribution in [3.63, 3.8) is 0 Å². The Morgan fingerprint density at radius 2 is 1.86 bits per heavy atom. The predicted octanol–water partition coefficient (Wildman–Crippen LogP) is 4.76. The molecule has 4 nitrogen and oxygen atoms in total. The Morgan fingerprint density at radius 1 is 1.14 bits per heavy atom. The summed E-state index contributed by atoms with van der Waals surface area (Å²) >= 11 is 12.0. The first-order chi connectivity index (χ1) is 9.81. The van der Waals surface area contributed by atoms with Gasteiger partial charge in [0.25, 0.3) is 0 Å². The second-order valence-electron chi connectivity index (χ2n) is 5.63. The minimum absolute atomic E-state index is 0.0283. The molecule has 112 valence electrons. The zero-order valence-electron chi connectivity index (χ0n) is 12.1. The van der Waals surface area contributed by atoms with Crippen LogP contribution in [-0.2, 0) is 5.41 Å². The van der Waals surface area contributed by atoms with Crippen molar-refractivity contribution in [3.8, 4) is 11.6 Å². The van der Waals surface area contributed by atoms with Gasteiger partial charge >= 0.3 is 0 Å². The van der Waals surface area contributed by atoms with Crippen molar-refractivity contribution in [2.75, 3.05) is 5.43 Å². The minimum Gasteiger partial charge on any atom is -0.437 e. The summed E-state index contributed by atoms with van der Waals surface area (Å²) in [5.74, 6) is 6.56. The van der Waals surface area contributed by atoms with Gasteiger partial charge in [0, 0.05) is 0 Å². The fourth-order valence-corrected chi connectivity index (χ4v) is 2.21. The van der Waals surface area contributed by atoms with E-state index in [1.807, 2.05) is 18.2 Å². The van der Waals surface area contributed by atoms with Gasteiger partial charge in [-0.2, -0.15) is 4.98 Å². The molecule has 0 saturated heterocycles. The zero-order chi connectivity index (χ0) is 15.6. The number of nitrogen functional groups attached to an aromatic ring is 1. The minimum atomic E-state index is 0.0283. The molecule has 0 bridgehead atoms. The van der Waals surface area contributed by atoms with E-state index in [4.69, 9.17) is 33.8 Å². The van der Waals surface area contributed by atoms with Crippen LogP contribution < -0.4 is 16.0 Å². The van der Waals surface area contributed by atoms with Crippen LogP contribution in [0.5, 0.6) is 11.6 Å². The van der Waals surface area contributed by atoms with Crippen LogP contribution in [0, 0.1) is 0 Å². The number of aromatic nitrogens is 1. The van der Waals surface area contributed by atoms with Crippen molar-refractivity contribution in [1.29, 1.82) is 0 Å². The van der Waals surface area contributed by atoms with Crippen LogP contribution in [0.15, 0.2) is 30.3 Å². The Hall–Kier alpha value is -1.49. The highest BCUT2D eigenvalue weighted by atomic mass is 35.5. The standard InChI is InChI=1S/C15H17Cl2N3O/c1-15(2,3)9-5-4-6-10(7-9)21-14-12(17)8-11(16)13(19-14)20-18/h4-8H,18H2,1-3H3,(H,19,20). The number of halogens is 2. The quantitative estimate of drug-likeness (QED) is 0.630. The van der Waals surface area contributed by atoms with Crippen LogP contribution in [-0.4, -0.2) is 4.98 Å². The molecule has 0 unspecified atom stereocenters. The van der Waals surface area contributed by atoms with Gasteiger partial charge in [0.1, 0.15) is 10.8 Å². The topological polar surface area (TPSA) is 60.2 Å². The van der Waals surface area contributed by atoms with Gasteiger partial charge in [-0.1, -0.05) is 56.1 Å². The maximum atomic E-state index is 6.10. The van der Waals surface area contributed by atoms with Gasteiger partial charge < -0.3 is 10.2 Å². The third-order valence-electron chi connectivity index (χ3n) is 2.95. The fourth-order valence-electron chi connectivity index (χ4n) is 1.76. The highest BCUT2D eigenvalue weighted by Crippen LogP contribution is 2.34. The van der Waals surface area contributed by atoms with Crippen molar-refractivity contribution in [2.45, 2.75) is 26.2 Å². The Labute approximate surface area is 134 Å². The van der Waals surface area contributed by atoms with E-state index in [0.29, 0.717) is 21.6 Å². The predicted molar refractivity (Wildman–Crippen MR) is 87.3 cm³/mol. The summed E-state index contributed by atoms with van der Waals surface area (Å²) in [5, 5.41) is 0.651.